The molecule has 6 rings (SSSR count). The molecule has 31 heavy (non-hydrogen) atoms. The molecule has 1 aliphatic carbocycles. The summed E-state index contributed by atoms with van der Waals surface area (Å²) < 4.78 is 18.8. The Hall–Kier alpha value is -3.36. The summed E-state index contributed by atoms with van der Waals surface area (Å²) >= 11 is 0. The van der Waals surface area contributed by atoms with Crippen LogP contribution >= 0.6 is 0 Å². The van der Waals surface area contributed by atoms with Gasteiger partial charge in [0.15, 0.2) is 5.69 Å². The average Bonchev–Trinajstić information content (AvgIpc) is 3.33. The van der Waals surface area contributed by atoms with E-state index in [0.717, 1.165) is 31.2 Å². The highest BCUT2D eigenvalue weighted by molar-refractivity contribution is 5.96. The molecule has 0 radical (unpaired) electrons. The van der Waals surface area contributed by atoms with Crippen LogP contribution in [0, 0.1) is 24.6 Å². The number of carbonyl (C=O) groups is 1. The van der Waals surface area contributed by atoms with E-state index in [2.05, 4.69) is 20.2 Å². The summed E-state index contributed by atoms with van der Waals surface area (Å²) in [5.74, 6) is 0.659. The Morgan fingerprint density at radius 2 is 2.03 bits per heavy atom. The van der Waals surface area contributed by atoms with Crippen LogP contribution < -0.4 is 4.74 Å². The second-order valence-corrected chi connectivity index (χ2v) is 8.21. The molecule has 0 aromatic carbocycles. The van der Waals surface area contributed by atoms with E-state index in [0.29, 0.717) is 42.2 Å². The molecule has 0 N–H and O–H groups in total. The van der Waals surface area contributed by atoms with E-state index in [1.165, 1.54) is 10.9 Å². The van der Waals surface area contributed by atoms with E-state index in [4.69, 9.17) is 4.74 Å². The molecule has 0 spiro atoms. The summed E-state index contributed by atoms with van der Waals surface area (Å²) in [7, 11) is 0. The predicted octanol–water partition coefficient (Wildman–Crippen LogP) is 2.82. The fourth-order valence-corrected chi connectivity index (χ4v) is 4.66. The number of aryl methyl sites for hydroxylation is 1. The Morgan fingerprint density at radius 1 is 1.19 bits per heavy atom. The first-order chi connectivity index (χ1) is 15.1. The largest absolute Gasteiger partial charge is 0.477 e. The number of fused-ring (bicyclic) bond motifs is 3. The monoisotopic (exact) mass is 422 g/mol. The van der Waals surface area contributed by atoms with Crippen molar-refractivity contribution in [3.8, 4) is 11.6 Å². The smallest absolute Gasteiger partial charge is 0.275 e. The highest BCUT2D eigenvalue weighted by Crippen LogP contribution is 2.40. The number of pyridine rings is 2. The number of rotatable bonds is 5. The Bertz CT molecular complexity index is 1070. The fraction of sp³-hybridized carbons (Fsp3) is 0.409. The second kappa shape index (κ2) is 8.05. The molecule has 1 amide bonds. The number of hydrogen-bond donors (Lipinski definition) is 0. The highest BCUT2D eigenvalue weighted by Gasteiger charge is 2.43. The molecule has 5 heterocycles. The van der Waals surface area contributed by atoms with Crippen molar-refractivity contribution >= 4 is 5.91 Å². The van der Waals surface area contributed by atoms with Gasteiger partial charge in [-0.25, -0.2) is 14.4 Å². The molecule has 2 aliphatic heterocycles. The fourth-order valence-electron chi connectivity index (χ4n) is 4.66. The first kappa shape index (κ1) is 19.6. The number of nitrogens with zero attached hydrogens (tertiary/aromatic N) is 6. The van der Waals surface area contributed by atoms with Crippen LogP contribution in [0.5, 0.6) is 5.88 Å². The van der Waals surface area contributed by atoms with Gasteiger partial charge in [0.25, 0.3) is 5.91 Å². The number of carbonyl (C=O) groups excluding carboxylic acids is 1. The summed E-state index contributed by atoms with van der Waals surface area (Å²) in [6.07, 6.45) is 7.23. The van der Waals surface area contributed by atoms with Gasteiger partial charge in [-0.3, -0.25) is 4.79 Å². The van der Waals surface area contributed by atoms with Crippen LogP contribution in [-0.2, 0) is 0 Å². The standard InChI is InChI=1S/C22H23FN6O2/c1-14-2-6-19(29-25-8-9-26-29)21(27-14)22(30)28-12-15-3-5-18(28)10-16(15)13-31-20-7-4-17(23)11-24-20/h2,4,6-9,11,15-16,18H,3,5,10,12-13H2,1H3. The quantitative estimate of drug-likeness (QED) is 0.629. The number of piperidine rings is 2. The van der Waals surface area contributed by atoms with Gasteiger partial charge in [-0.2, -0.15) is 10.2 Å². The van der Waals surface area contributed by atoms with E-state index in [9.17, 15) is 9.18 Å². The maximum absolute atomic E-state index is 13.5. The van der Waals surface area contributed by atoms with E-state index in [1.807, 2.05) is 24.0 Å². The summed E-state index contributed by atoms with van der Waals surface area (Å²) in [5, 5.41) is 8.34. The Labute approximate surface area is 179 Å². The molecule has 3 atom stereocenters. The zero-order valence-electron chi connectivity index (χ0n) is 17.2. The molecule has 1 saturated carbocycles. The van der Waals surface area contributed by atoms with Gasteiger partial charge in [-0.15, -0.1) is 4.80 Å². The average molecular weight is 422 g/mol. The van der Waals surface area contributed by atoms with Crippen molar-refractivity contribution in [3.05, 3.63) is 60.1 Å². The lowest BCUT2D eigenvalue weighted by molar-refractivity contribution is -0.00509. The van der Waals surface area contributed by atoms with Crippen molar-refractivity contribution in [2.24, 2.45) is 11.8 Å². The SMILES string of the molecule is Cc1ccc(-n2nccn2)c(C(=O)N2CC3CCC2CC3COc2ccc(F)cn2)n1. The molecule has 3 fully saturated rings. The molecular formula is C22H23FN6O2. The van der Waals surface area contributed by atoms with Gasteiger partial charge >= 0.3 is 0 Å². The van der Waals surface area contributed by atoms with Gasteiger partial charge in [0.05, 0.1) is 25.2 Å². The third-order valence-corrected chi connectivity index (χ3v) is 6.24. The molecule has 2 saturated heterocycles. The van der Waals surface area contributed by atoms with Crippen LogP contribution in [0.3, 0.4) is 0 Å². The van der Waals surface area contributed by atoms with Gasteiger partial charge in [0.1, 0.15) is 11.5 Å². The predicted molar refractivity (Wildman–Crippen MR) is 109 cm³/mol. The normalized spacial score (nSPS) is 22.5. The maximum Gasteiger partial charge on any atom is 0.275 e. The van der Waals surface area contributed by atoms with Crippen LogP contribution in [0.25, 0.3) is 5.69 Å². The summed E-state index contributed by atoms with van der Waals surface area (Å²) in [5.41, 5.74) is 1.75. The van der Waals surface area contributed by atoms with Crippen LogP contribution in [0.2, 0.25) is 0 Å². The topological polar surface area (TPSA) is 86.0 Å². The molecule has 160 valence electrons. The van der Waals surface area contributed by atoms with Crippen LogP contribution in [-0.4, -0.2) is 55.0 Å². The van der Waals surface area contributed by atoms with E-state index in [1.54, 1.807) is 18.5 Å². The van der Waals surface area contributed by atoms with E-state index < -0.39 is 0 Å². The Kier molecular flexibility index (Phi) is 5.09. The molecule has 9 heteroatoms. The molecule has 3 aromatic heterocycles. The number of hydrogen-bond acceptors (Lipinski definition) is 6. The molecule has 8 nitrogen and oxygen atoms in total. The molecular weight excluding hydrogens is 399 g/mol. The third-order valence-electron chi connectivity index (χ3n) is 6.24. The van der Waals surface area contributed by atoms with Crippen LogP contribution in [0.4, 0.5) is 4.39 Å². The molecule has 2 bridgehead atoms. The minimum absolute atomic E-state index is 0.0785. The lowest BCUT2D eigenvalue weighted by atomic mass is 9.72. The van der Waals surface area contributed by atoms with Gasteiger partial charge in [-0.05, 0) is 56.2 Å². The number of aromatic nitrogens is 5. The molecule has 3 aromatic rings. The third kappa shape index (κ3) is 3.87. The van der Waals surface area contributed by atoms with Gasteiger partial charge in [0, 0.05) is 24.3 Å². The van der Waals surface area contributed by atoms with Gasteiger partial charge in [-0.1, -0.05) is 0 Å². The van der Waals surface area contributed by atoms with Crippen molar-refractivity contribution < 1.29 is 13.9 Å². The van der Waals surface area contributed by atoms with Crippen molar-refractivity contribution in [1.29, 1.82) is 0 Å². The van der Waals surface area contributed by atoms with Crippen LogP contribution in [0.1, 0.15) is 35.4 Å². The summed E-state index contributed by atoms with van der Waals surface area (Å²) in [6, 6.07) is 6.73. The lowest BCUT2D eigenvalue weighted by Gasteiger charge is -2.49. The number of amides is 1. The zero-order valence-corrected chi connectivity index (χ0v) is 17.2. The van der Waals surface area contributed by atoms with Crippen molar-refractivity contribution in [2.45, 2.75) is 32.2 Å². The summed E-state index contributed by atoms with van der Waals surface area (Å²) in [4.78, 5) is 25.4. The van der Waals surface area contributed by atoms with Crippen molar-refractivity contribution in [1.82, 2.24) is 29.9 Å². The van der Waals surface area contributed by atoms with Gasteiger partial charge < -0.3 is 9.64 Å². The Morgan fingerprint density at radius 3 is 2.74 bits per heavy atom. The second-order valence-electron chi connectivity index (χ2n) is 8.21. The minimum Gasteiger partial charge on any atom is -0.477 e. The van der Waals surface area contributed by atoms with Gasteiger partial charge in [0.2, 0.25) is 5.88 Å². The molecule has 3 unspecified atom stereocenters. The maximum atomic E-state index is 13.5. The molecule has 3 aliphatic rings. The number of halogens is 1. The first-order valence-corrected chi connectivity index (χ1v) is 10.5. The van der Waals surface area contributed by atoms with E-state index in [-0.39, 0.29) is 17.8 Å². The number of ether oxygens (including phenoxy) is 1. The van der Waals surface area contributed by atoms with Crippen molar-refractivity contribution in [2.75, 3.05) is 13.2 Å². The lowest BCUT2D eigenvalue weighted by Crippen LogP contribution is -2.55. The first-order valence-electron chi connectivity index (χ1n) is 10.5. The summed E-state index contributed by atoms with van der Waals surface area (Å²) in [6.45, 7) is 3.07. The highest BCUT2D eigenvalue weighted by atomic mass is 19.1. The minimum atomic E-state index is -0.382. The zero-order chi connectivity index (χ0) is 21.4. The Balaban J connectivity index is 1.31. The van der Waals surface area contributed by atoms with E-state index >= 15 is 0 Å². The van der Waals surface area contributed by atoms with Crippen molar-refractivity contribution in [3.63, 3.8) is 0 Å². The van der Waals surface area contributed by atoms with Crippen LogP contribution in [0.15, 0.2) is 42.9 Å².